The van der Waals surface area contributed by atoms with E-state index in [1.807, 2.05) is 0 Å². The molecule has 1 heterocycles. The van der Waals surface area contributed by atoms with Gasteiger partial charge in [-0.05, 0) is 4.98 Å². The Balaban J connectivity index is 2.86. The van der Waals surface area contributed by atoms with Gasteiger partial charge in [0, 0.05) is 13.2 Å². The molecule has 0 aromatic carbocycles. The second-order valence-electron chi connectivity index (χ2n) is 1.98. The standard InChI is InChI=1S/C6H8N2O3/c1-11-4-5-2-3-8(10)6(9)7-5/h2-3H,4H2,1H3,(H,7,9). The molecule has 11 heavy (non-hydrogen) atoms. The summed E-state index contributed by atoms with van der Waals surface area (Å²) < 4.78 is 5.01. The minimum Gasteiger partial charge on any atom is -0.708 e. The third-order valence-corrected chi connectivity index (χ3v) is 1.14. The van der Waals surface area contributed by atoms with Crippen molar-refractivity contribution < 1.29 is 14.6 Å². The highest BCUT2D eigenvalue weighted by Gasteiger charge is 2.06. The van der Waals surface area contributed by atoms with Crippen LogP contribution < -0.4 is 4.73 Å². The summed E-state index contributed by atoms with van der Waals surface area (Å²) in [5.74, 6) is 0. The van der Waals surface area contributed by atoms with Gasteiger partial charge in [-0.25, -0.2) is 4.73 Å². The zero-order chi connectivity index (χ0) is 8.27. The normalized spacial score (nSPS) is 9.91. The minimum absolute atomic E-state index is 0.277. The van der Waals surface area contributed by atoms with Crippen molar-refractivity contribution in [1.82, 2.24) is 4.98 Å². The summed E-state index contributed by atoms with van der Waals surface area (Å²) in [5, 5.41) is 19.3. The molecule has 0 radical (unpaired) electrons. The van der Waals surface area contributed by atoms with E-state index in [-0.39, 0.29) is 11.3 Å². The summed E-state index contributed by atoms with van der Waals surface area (Å²) >= 11 is 0. The highest BCUT2D eigenvalue weighted by atomic mass is 16.5. The number of methoxy groups -OCH3 is 1. The highest BCUT2D eigenvalue weighted by Crippen LogP contribution is 1.98. The van der Waals surface area contributed by atoms with Gasteiger partial charge in [0.15, 0.2) is 5.69 Å². The number of aromatic hydroxyl groups is 1. The zero-order valence-electron chi connectivity index (χ0n) is 6.02. The summed E-state index contributed by atoms with van der Waals surface area (Å²) in [7, 11) is 1.51. The van der Waals surface area contributed by atoms with Crippen molar-refractivity contribution in [3.05, 3.63) is 23.2 Å². The van der Waals surface area contributed by atoms with E-state index in [0.717, 1.165) is 0 Å². The number of aromatic nitrogens is 2. The van der Waals surface area contributed by atoms with Crippen LogP contribution >= 0.6 is 0 Å². The molecule has 0 aliphatic heterocycles. The SMILES string of the molecule is COCc1cc[n+]([O-])c(O)n1. The van der Waals surface area contributed by atoms with Gasteiger partial charge in [0.05, 0.1) is 0 Å². The number of rotatable bonds is 2. The summed E-state index contributed by atoms with van der Waals surface area (Å²) in [4.78, 5) is 3.54. The number of hydrogen-bond donors (Lipinski definition) is 1. The average Bonchev–Trinajstić information content (AvgIpc) is 1.98. The predicted octanol–water partition coefficient (Wildman–Crippen LogP) is -0.433. The number of nitrogens with zero attached hydrogens (tertiary/aromatic N) is 2. The maximum Gasteiger partial charge on any atom is 0.499 e. The van der Waals surface area contributed by atoms with Gasteiger partial charge in [-0.3, -0.25) is 0 Å². The Bertz CT molecular complexity index is 252. The van der Waals surface area contributed by atoms with Crippen molar-refractivity contribution in [2.24, 2.45) is 0 Å². The Morgan fingerprint density at radius 2 is 2.55 bits per heavy atom. The van der Waals surface area contributed by atoms with Crippen LogP contribution in [0.15, 0.2) is 12.3 Å². The molecule has 0 atom stereocenters. The van der Waals surface area contributed by atoms with E-state index in [0.29, 0.717) is 5.69 Å². The van der Waals surface area contributed by atoms with E-state index in [9.17, 15) is 5.21 Å². The van der Waals surface area contributed by atoms with Crippen molar-refractivity contribution >= 4 is 0 Å². The lowest BCUT2D eigenvalue weighted by Crippen LogP contribution is -2.26. The van der Waals surface area contributed by atoms with Crippen LogP contribution in [0.3, 0.4) is 0 Å². The van der Waals surface area contributed by atoms with Gasteiger partial charge in [-0.15, -0.1) is 0 Å². The Hall–Kier alpha value is -1.36. The largest absolute Gasteiger partial charge is 0.708 e. The van der Waals surface area contributed by atoms with Crippen molar-refractivity contribution in [2.45, 2.75) is 6.61 Å². The molecule has 1 aromatic rings. The summed E-state index contributed by atoms with van der Waals surface area (Å²) in [6.07, 6.45) is 1.18. The van der Waals surface area contributed by atoms with E-state index in [1.165, 1.54) is 19.4 Å². The second kappa shape index (κ2) is 3.16. The van der Waals surface area contributed by atoms with Crippen LogP contribution in [0.25, 0.3) is 0 Å². The quantitative estimate of drug-likeness (QED) is 0.466. The van der Waals surface area contributed by atoms with Gasteiger partial charge < -0.3 is 15.1 Å². The van der Waals surface area contributed by atoms with E-state index in [4.69, 9.17) is 9.84 Å². The fraction of sp³-hybridized carbons (Fsp3) is 0.333. The molecule has 0 bridgehead atoms. The van der Waals surface area contributed by atoms with E-state index >= 15 is 0 Å². The average molecular weight is 156 g/mol. The minimum atomic E-state index is -0.556. The van der Waals surface area contributed by atoms with Gasteiger partial charge in [0.1, 0.15) is 12.8 Å². The van der Waals surface area contributed by atoms with Crippen molar-refractivity contribution in [1.29, 1.82) is 0 Å². The maximum absolute atomic E-state index is 10.5. The van der Waals surface area contributed by atoms with E-state index in [2.05, 4.69) is 4.98 Å². The van der Waals surface area contributed by atoms with Gasteiger partial charge in [-0.1, -0.05) is 0 Å². The molecule has 0 aliphatic rings. The van der Waals surface area contributed by atoms with Crippen LogP contribution in [0.5, 0.6) is 6.01 Å². The fourth-order valence-corrected chi connectivity index (χ4v) is 0.664. The van der Waals surface area contributed by atoms with Crippen molar-refractivity contribution in [3.63, 3.8) is 0 Å². The Morgan fingerprint density at radius 3 is 3.09 bits per heavy atom. The zero-order valence-corrected chi connectivity index (χ0v) is 6.02. The lowest BCUT2D eigenvalue weighted by Gasteiger charge is -1.99. The molecule has 5 nitrogen and oxygen atoms in total. The van der Waals surface area contributed by atoms with Crippen LogP contribution in [-0.2, 0) is 11.3 Å². The van der Waals surface area contributed by atoms with E-state index < -0.39 is 6.01 Å². The molecule has 0 amide bonds. The molecule has 5 heteroatoms. The number of hydrogen-bond acceptors (Lipinski definition) is 4. The topological polar surface area (TPSA) is 69.3 Å². The van der Waals surface area contributed by atoms with Gasteiger partial charge >= 0.3 is 6.01 Å². The molecule has 0 spiro atoms. The highest BCUT2D eigenvalue weighted by molar-refractivity contribution is 4.98. The first-order valence-electron chi connectivity index (χ1n) is 3.01. The first-order chi connectivity index (χ1) is 5.24. The Morgan fingerprint density at radius 1 is 1.82 bits per heavy atom. The Kier molecular flexibility index (Phi) is 2.22. The molecular weight excluding hydrogens is 148 g/mol. The van der Waals surface area contributed by atoms with Gasteiger partial charge in [0.25, 0.3) is 0 Å². The molecule has 0 saturated carbocycles. The number of ether oxygens (including phenoxy) is 1. The summed E-state index contributed by atoms with van der Waals surface area (Å²) in [5.41, 5.74) is 0.525. The predicted molar refractivity (Wildman–Crippen MR) is 35.6 cm³/mol. The molecule has 0 unspecified atom stereocenters. The van der Waals surface area contributed by atoms with E-state index in [1.54, 1.807) is 0 Å². The lowest BCUT2D eigenvalue weighted by molar-refractivity contribution is -0.617. The lowest BCUT2D eigenvalue weighted by atomic mass is 10.4. The monoisotopic (exact) mass is 156 g/mol. The smallest absolute Gasteiger partial charge is 0.499 e. The molecule has 1 rings (SSSR count). The third kappa shape index (κ3) is 1.78. The first kappa shape index (κ1) is 7.74. The van der Waals surface area contributed by atoms with Gasteiger partial charge in [0.2, 0.25) is 0 Å². The van der Waals surface area contributed by atoms with Crippen LogP contribution in [0, 0.1) is 5.21 Å². The third-order valence-electron chi connectivity index (χ3n) is 1.14. The molecule has 60 valence electrons. The van der Waals surface area contributed by atoms with Gasteiger partial charge in [-0.2, -0.15) is 0 Å². The Labute approximate surface area is 63.5 Å². The van der Waals surface area contributed by atoms with Crippen LogP contribution in [-0.4, -0.2) is 17.2 Å². The maximum atomic E-state index is 10.5. The summed E-state index contributed by atoms with van der Waals surface area (Å²) in [6, 6.07) is 0.926. The molecule has 0 saturated heterocycles. The first-order valence-corrected chi connectivity index (χ1v) is 3.01. The van der Waals surface area contributed by atoms with Crippen molar-refractivity contribution in [3.8, 4) is 6.01 Å². The molecule has 0 aliphatic carbocycles. The molecule has 1 aromatic heterocycles. The molecule has 0 fully saturated rings. The summed E-state index contributed by atoms with van der Waals surface area (Å²) in [6.45, 7) is 0.286. The molecular formula is C6H8N2O3. The second-order valence-corrected chi connectivity index (χ2v) is 1.98. The molecule has 1 N–H and O–H groups in total. The van der Waals surface area contributed by atoms with Crippen LogP contribution in [0.2, 0.25) is 0 Å². The van der Waals surface area contributed by atoms with Crippen molar-refractivity contribution in [2.75, 3.05) is 7.11 Å². The fourth-order valence-electron chi connectivity index (χ4n) is 0.664. The van der Waals surface area contributed by atoms with Crippen LogP contribution in [0.4, 0.5) is 0 Å². The van der Waals surface area contributed by atoms with Crippen LogP contribution in [0.1, 0.15) is 5.69 Å².